The number of amides is 2. The van der Waals surface area contributed by atoms with Gasteiger partial charge in [-0.2, -0.15) is 5.06 Å². The van der Waals surface area contributed by atoms with E-state index in [0.717, 1.165) is 0 Å². The minimum atomic E-state index is -0.828. The summed E-state index contributed by atoms with van der Waals surface area (Å²) in [5.74, 6) is -1.53. The maximum Gasteiger partial charge on any atom is 0.286 e. The van der Waals surface area contributed by atoms with Gasteiger partial charge in [-0.05, 0) is 23.8 Å². The standard InChI is InChI=1S/C17H13N3O3/c21-16(9-12-5-2-1-3-6-12)20(23)17(22)13-10-15-14(19-11-13)7-4-8-18-15/h1-8,10-11,23H,9H2. The van der Waals surface area contributed by atoms with Gasteiger partial charge in [0, 0.05) is 12.4 Å². The first kappa shape index (κ1) is 14.8. The molecular weight excluding hydrogens is 294 g/mol. The van der Waals surface area contributed by atoms with Crippen LogP contribution in [0.1, 0.15) is 15.9 Å². The van der Waals surface area contributed by atoms with Gasteiger partial charge in [0.05, 0.1) is 23.0 Å². The van der Waals surface area contributed by atoms with Crippen LogP contribution in [-0.4, -0.2) is 32.1 Å². The van der Waals surface area contributed by atoms with Crippen LogP contribution in [0.5, 0.6) is 0 Å². The first-order valence-corrected chi connectivity index (χ1v) is 6.96. The lowest BCUT2D eigenvalue weighted by Gasteiger charge is -2.13. The maximum absolute atomic E-state index is 12.2. The van der Waals surface area contributed by atoms with Gasteiger partial charge in [-0.1, -0.05) is 30.3 Å². The molecule has 0 aliphatic rings. The second kappa shape index (κ2) is 6.33. The summed E-state index contributed by atoms with van der Waals surface area (Å²) in [5.41, 5.74) is 1.95. The Morgan fingerprint density at radius 3 is 2.57 bits per heavy atom. The molecule has 1 aromatic carbocycles. The largest absolute Gasteiger partial charge is 0.286 e. The number of fused-ring (bicyclic) bond motifs is 1. The van der Waals surface area contributed by atoms with Crippen LogP contribution in [0.25, 0.3) is 11.0 Å². The smallest absolute Gasteiger partial charge is 0.278 e. The molecule has 0 radical (unpaired) electrons. The molecule has 0 unspecified atom stereocenters. The summed E-state index contributed by atoms with van der Waals surface area (Å²) in [6.07, 6.45) is 2.82. The molecule has 2 aromatic heterocycles. The third kappa shape index (κ3) is 3.22. The third-order valence-corrected chi connectivity index (χ3v) is 3.32. The summed E-state index contributed by atoms with van der Waals surface area (Å²) in [7, 11) is 0. The zero-order valence-corrected chi connectivity index (χ0v) is 12.1. The van der Waals surface area contributed by atoms with Crippen LogP contribution in [0.3, 0.4) is 0 Å². The number of pyridine rings is 2. The number of rotatable bonds is 3. The van der Waals surface area contributed by atoms with Gasteiger partial charge < -0.3 is 0 Å². The lowest BCUT2D eigenvalue weighted by atomic mass is 10.1. The van der Waals surface area contributed by atoms with Crippen LogP contribution in [0.2, 0.25) is 0 Å². The Hall–Kier alpha value is -3.12. The topological polar surface area (TPSA) is 83.4 Å². The fourth-order valence-electron chi connectivity index (χ4n) is 2.15. The van der Waals surface area contributed by atoms with Crippen LogP contribution in [0.15, 0.2) is 60.9 Å². The van der Waals surface area contributed by atoms with E-state index in [1.165, 1.54) is 12.3 Å². The van der Waals surface area contributed by atoms with Crippen molar-refractivity contribution in [2.75, 3.05) is 0 Å². The average molecular weight is 307 g/mol. The Kier molecular flexibility index (Phi) is 4.07. The van der Waals surface area contributed by atoms with Crippen molar-refractivity contribution in [2.45, 2.75) is 6.42 Å². The number of hydroxylamine groups is 2. The van der Waals surface area contributed by atoms with E-state index in [-0.39, 0.29) is 17.0 Å². The van der Waals surface area contributed by atoms with E-state index in [9.17, 15) is 14.8 Å². The van der Waals surface area contributed by atoms with Crippen molar-refractivity contribution < 1.29 is 14.8 Å². The van der Waals surface area contributed by atoms with Gasteiger partial charge in [0.2, 0.25) is 0 Å². The molecule has 6 heteroatoms. The van der Waals surface area contributed by atoms with E-state index >= 15 is 0 Å². The number of benzene rings is 1. The van der Waals surface area contributed by atoms with Crippen molar-refractivity contribution in [2.24, 2.45) is 0 Å². The maximum atomic E-state index is 12.2. The summed E-state index contributed by atoms with van der Waals surface area (Å²) in [5, 5.41) is 9.98. The molecule has 0 atom stereocenters. The van der Waals surface area contributed by atoms with Gasteiger partial charge in [0.15, 0.2) is 0 Å². The van der Waals surface area contributed by atoms with Crippen molar-refractivity contribution in [1.29, 1.82) is 0 Å². The van der Waals surface area contributed by atoms with Crippen molar-refractivity contribution in [3.8, 4) is 0 Å². The third-order valence-electron chi connectivity index (χ3n) is 3.32. The van der Waals surface area contributed by atoms with Crippen LogP contribution < -0.4 is 0 Å². The van der Waals surface area contributed by atoms with Crippen molar-refractivity contribution >= 4 is 22.8 Å². The highest BCUT2D eigenvalue weighted by Gasteiger charge is 2.22. The number of carbonyl (C=O) groups is 2. The Bertz CT molecular complexity index is 865. The molecule has 0 aliphatic heterocycles. The van der Waals surface area contributed by atoms with Crippen LogP contribution >= 0.6 is 0 Å². The quantitative estimate of drug-likeness (QED) is 0.592. The SMILES string of the molecule is O=C(Cc1ccccc1)N(O)C(=O)c1cnc2cccnc2c1. The Balaban J connectivity index is 1.79. The molecule has 0 bridgehead atoms. The van der Waals surface area contributed by atoms with E-state index < -0.39 is 11.8 Å². The first-order chi connectivity index (χ1) is 11.1. The molecular formula is C17H13N3O3. The molecule has 6 nitrogen and oxygen atoms in total. The number of imide groups is 1. The predicted molar refractivity (Wildman–Crippen MR) is 82.6 cm³/mol. The molecule has 114 valence electrons. The highest BCUT2D eigenvalue weighted by atomic mass is 16.5. The fraction of sp³-hybridized carbons (Fsp3) is 0.0588. The second-order valence-electron chi connectivity index (χ2n) is 4.94. The highest BCUT2D eigenvalue weighted by Crippen LogP contribution is 2.12. The summed E-state index contributed by atoms with van der Waals surface area (Å²) in [6, 6.07) is 13.9. The zero-order valence-electron chi connectivity index (χ0n) is 12.1. The van der Waals surface area contributed by atoms with Gasteiger partial charge in [-0.3, -0.25) is 24.8 Å². The Morgan fingerprint density at radius 2 is 1.78 bits per heavy atom. The van der Waals surface area contributed by atoms with E-state index in [4.69, 9.17) is 0 Å². The molecule has 3 rings (SSSR count). The lowest BCUT2D eigenvalue weighted by Crippen LogP contribution is -2.35. The fourth-order valence-corrected chi connectivity index (χ4v) is 2.15. The number of hydrogen-bond donors (Lipinski definition) is 1. The van der Waals surface area contributed by atoms with Crippen molar-refractivity contribution in [1.82, 2.24) is 15.0 Å². The lowest BCUT2D eigenvalue weighted by molar-refractivity contribution is -0.153. The molecule has 0 saturated heterocycles. The molecule has 2 heterocycles. The number of hydrogen-bond acceptors (Lipinski definition) is 5. The minimum absolute atomic E-state index is 0.0671. The predicted octanol–water partition coefficient (Wildman–Crippen LogP) is 2.23. The van der Waals surface area contributed by atoms with E-state index in [2.05, 4.69) is 9.97 Å². The number of carbonyl (C=O) groups excluding carboxylic acids is 2. The van der Waals surface area contributed by atoms with E-state index in [0.29, 0.717) is 16.6 Å². The van der Waals surface area contributed by atoms with Crippen molar-refractivity contribution in [3.05, 3.63) is 72.1 Å². The van der Waals surface area contributed by atoms with Crippen LogP contribution in [0.4, 0.5) is 0 Å². The van der Waals surface area contributed by atoms with Gasteiger partial charge in [-0.25, -0.2) is 0 Å². The Morgan fingerprint density at radius 1 is 1.00 bits per heavy atom. The van der Waals surface area contributed by atoms with Gasteiger partial charge in [0.1, 0.15) is 0 Å². The molecule has 2 amide bonds. The first-order valence-electron chi connectivity index (χ1n) is 6.96. The van der Waals surface area contributed by atoms with Gasteiger partial charge >= 0.3 is 0 Å². The molecule has 23 heavy (non-hydrogen) atoms. The van der Waals surface area contributed by atoms with Gasteiger partial charge in [0.25, 0.3) is 11.8 Å². The number of aromatic nitrogens is 2. The van der Waals surface area contributed by atoms with E-state index in [1.807, 2.05) is 6.07 Å². The van der Waals surface area contributed by atoms with Crippen molar-refractivity contribution in [3.63, 3.8) is 0 Å². The monoisotopic (exact) mass is 307 g/mol. The zero-order chi connectivity index (χ0) is 16.2. The molecule has 0 saturated carbocycles. The molecule has 0 fully saturated rings. The Labute approximate surface area is 132 Å². The minimum Gasteiger partial charge on any atom is -0.278 e. The summed E-state index contributed by atoms with van der Waals surface area (Å²) < 4.78 is 0. The molecule has 0 aliphatic carbocycles. The normalized spacial score (nSPS) is 10.5. The molecule has 3 aromatic rings. The molecule has 0 spiro atoms. The van der Waals surface area contributed by atoms with Gasteiger partial charge in [-0.15, -0.1) is 0 Å². The van der Waals surface area contributed by atoms with Crippen LogP contribution in [0, 0.1) is 0 Å². The summed E-state index contributed by atoms with van der Waals surface area (Å²) in [4.78, 5) is 32.4. The number of nitrogens with zero attached hydrogens (tertiary/aromatic N) is 3. The van der Waals surface area contributed by atoms with Crippen LogP contribution in [-0.2, 0) is 11.2 Å². The second-order valence-corrected chi connectivity index (χ2v) is 4.94. The molecule has 1 N–H and O–H groups in total. The highest BCUT2D eigenvalue weighted by molar-refractivity contribution is 6.04. The summed E-state index contributed by atoms with van der Waals surface area (Å²) >= 11 is 0. The summed E-state index contributed by atoms with van der Waals surface area (Å²) in [6.45, 7) is 0. The van der Waals surface area contributed by atoms with E-state index in [1.54, 1.807) is 42.6 Å². The average Bonchev–Trinajstić information content (AvgIpc) is 2.61.